The van der Waals surface area contributed by atoms with Crippen LogP contribution in [0.4, 0.5) is 13.2 Å². The zero-order valence-corrected chi connectivity index (χ0v) is 8.61. The number of halogens is 3. The number of rotatable bonds is 1. The Labute approximate surface area is 82.3 Å². The van der Waals surface area contributed by atoms with Crippen molar-refractivity contribution in [1.82, 2.24) is 0 Å². The van der Waals surface area contributed by atoms with E-state index in [1.165, 1.54) is 13.2 Å². The molecule has 4 heteroatoms. The highest BCUT2D eigenvalue weighted by Gasteiger charge is 2.35. The third-order valence-electron chi connectivity index (χ3n) is 1.67. The van der Waals surface area contributed by atoms with E-state index < -0.39 is 11.7 Å². The second-order valence-electron chi connectivity index (χ2n) is 2.48. The van der Waals surface area contributed by atoms with Crippen molar-refractivity contribution in [3.05, 3.63) is 23.5 Å². The number of ether oxygens (including phenoxy) is 1. The number of hydrogen-bond donors (Lipinski definition) is 0. The monoisotopic (exact) mass is 208 g/mol. The molecule has 0 heterocycles. The zero-order valence-electron chi connectivity index (χ0n) is 8.61. The second kappa shape index (κ2) is 5.73. The summed E-state index contributed by atoms with van der Waals surface area (Å²) < 4.78 is 41.2. The maximum Gasteiger partial charge on any atom is 0.419 e. The third kappa shape index (κ3) is 3.44. The van der Waals surface area contributed by atoms with Gasteiger partial charge in [-0.15, -0.1) is 0 Å². The minimum Gasteiger partial charge on any atom is -0.500 e. The van der Waals surface area contributed by atoms with Crippen molar-refractivity contribution in [2.45, 2.75) is 32.9 Å². The first-order chi connectivity index (χ1) is 6.55. The molecule has 0 aromatic heterocycles. The Morgan fingerprint density at radius 1 is 1.29 bits per heavy atom. The predicted molar refractivity (Wildman–Crippen MR) is 49.8 cm³/mol. The lowest BCUT2D eigenvalue weighted by atomic mass is 10.0. The van der Waals surface area contributed by atoms with Gasteiger partial charge in [-0.25, -0.2) is 0 Å². The molecule has 0 radical (unpaired) electrons. The molecule has 0 bridgehead atoms. The van der Waals surface area contributed by atoms with Crippen molar-refractivity contribution in [1.29, 1.82) is 0 Å². The highest BCUT2D eigenvalue weighted by molar-refractivity contribution is 5.30. The molecule has 1 rings (SSSR count). The molecule has 1 nitrogen and oxygen atoms in total. The van der Waals surface area contributed by atoms with E-state index in [1.807, 2.05) is 13.8 Å². The number of hydrogen-bond acceptors (Lipinski definition) is 1. The molecule has 1 aliphatic rings. The van der Waals surface area contributed by atoms with Crippen LogP contribution in [0.2, 0.25) is 0 Å². The maximum atomic E-state index is 12.2. The Bertz CT molecular complexity index is 226. The summed E-state index contributed by atoms with van der Waals surface area (Å²) in [6.45, 7) is 4.00. The first kappa shape index (κ1) is 13.1. The van der Waals surface area contributed by atoms with E-state index in [0.717, 1.165) is 6.08 Å². The van der Waals surface area contributed by atoms with Gasteiger partial charge in [0.25, 0.3) is 0 Å². The average Bonchev–Trinajstić information content (AvgIpc) is 2.19. The van der Waals surface area contributed by atoms with E-state index in [2.05, 4.69) is 4.74 Å². The lowest BCUT2D eigenvalue weighted by Gasteiger charge is -2.16. The highest BCUT2D eigenvalue weighted by atomic mass is 19.4. The van der Waals surface area contributed by atoms with Gasteiger partial charge in [0.2, 0.25) is 0 Å². The first-order valence-corrected chi connectivity index (χ1v) is 4.56. The predicted octanol–water partition coefficient (Wildman–Crippen LogP) is 3.83. The van der Waals surface area contributed by atoms with Crippen LogP contribution in [-0.4, -0.2) is 13.3 Å². The smallest absolute Gasteiger partial charge is 0.419 e. The molecule has 0 saturated carbocycles. The van der Waals surface area contributed by atoms with Gasteiger partial charge < -0.3 is 4.74 Å². The van der Waals surface area contributed by atoms with E-state index in [1.54, 1.807) is 0 Å². The third-order valence-corrected chi connectivity index (χ3v) is 1.67. The van der Waals surface area contributed by atoms with Gasteiger partial charge in [-0.3, -0.25) is 0 Å². The molecule has 0 fully saturated rings. The molecule has 0 aliphatic heterocycles. The van der Waals surface area contributed by atoms with Crippen molar-refractivity contribution >= 4 is 0 Å². The Balaban J connectivity index is 0.000000791. The summed E-state index contributed by atoms with van der Waals surface area (Å²) in [6, 6.07) is 0. The molecule has 0 aromatic rings. The Hall–Kier alpha value is -0.930. The van der Waals surface area contributed by atoms with Crippen LogP contribution >= 0.6 is 0 Å². The molecule has 0 saturated heterocycles. The maximum absolute atomic E-state index is 12.2. The fourth-order valence-corrected chi connectivity index (χ4v) is 1.11. The molecule has 0 unspecified atom stereocenters. The van der Waals surface area contributed by atoms with Gasteiger partial charge in [0.15, 0.2) is 0 Å². The van der Waals surface area contributed by atoms with Crippen molar-refractivity contribution in [3.8, 4) is 0 Å². The summed E-state index contributed by atoms with van der Waals surface area (Å²) in [7, 11) is 1.26. The first-order valence-electron chi connectivity index (χ1n) is 4.56. The topological polar surface area (TPSA) is 9.23 Å². The summed E-state index contributed by atoms with van der Waals surface area (Å²) in [6.07, 6.45) is -0.763. The van der Waals surface area contributed by atoms with E-state index >= 15 is 0 Å². The fourth-order valence-electron chi connectivity index (χ4n) is 1.11. The summed E-state index contributed by atoms with van der Waals surface area (Å²) in [5, 5.41) is 0. The fraction of sp³-hybridized carbons (Fsp3) is 0.600. The van der Waals surface area contributed by atoms with Gasteiger partial charge in [-0.1, -0.05) is 26.0 Å². The molecule has 0 atom stereocenters. The number of allylic oxidation sites excluding steroid dienone is 4. The van der Waals surface area contributed by atoms with Crippen LogP contribution in [0.5, 0.6) is 0 Å². The quantitative estimate of drug-likeness (QED) is 0.636. The standard InChI is InChI=1S/C8H9F3O.C2H6/c1-12-7-5-3-2-4-6(7)8(9,10)11;1-2/h2,4H,3,5H2,1H3;1-2H3. The van der Waals surface area contributed by atoms with E-state index in [0.29, 0.717) is 12.8 Å². The summed E-state index contributed by atoms with van der Waals surface area (Å²) in [5.41, 5.74) is -0.656. The lowest BCUT2D eigenvalue weighted by molar-refractivity contribution is -0.0918. The zero-order chi connectivity index (χ0) is 11.2. The SMILES string of the molecule is CC.COC1=C(C(F)(F)F)C=CCC1. The van der Waals surface area contributed by atoms with Crippen LogP contribution in [-0.2, 0) is 4.74 Å². The molecule has 0 aromatic carbocycles. The van der Waals surface area contributed by atoms with Crippen LogP contribution in [0.25, 0.3) is 0 Å². The molecule has 0 spiro atoms. The Morgan fingerprint density at radius 3 is 2.21 bits per heavy atom. The van der Waals surface area contributed by atoms with Gasteiger partial charge in [0.05, 0.1) is 12.7 Å². The minimum atomic E-state index is -4.29. The molecular formula is C10H15F3O. The summed E-state index contributed by atoms with van der Waals surface area (Å²) in [4.78, 5) is 0. The van der Waals surface area contributed by atoms with Crippen LogP contribution in [0.3, 0.4) is 0 Å². The number of alkyl halides is 3. The van der Waals surface area contributed by atoms with E-state index in [-0.39, 0.29) is 5.76 Å². The molecule has 82 valence electrons. The molecule has 1 aliphatic carbocycles. The summed E-state index contributed by atoms with van der Waals surface area (Å²) >= 11 is 0. The van der Waals surface area contributed by atoms with Crippen LogP contribution in [0.1, 0.15) is 26.7 Å². The van der Waals surface area contributed by atoms with Gasteiger partial charge in [0, 0.05) is 6.42 Å². The molecule has 0 amide bonds. The van der Waals surface area contributed by atoms with Gasteiger partial charge in [-0.05, 0) is 6.42 Å². The molecular weight excluding hydrogens is 193 g/mol. The molecule has 0 N–H and O–H groups in total. The van der Waals surface area contributed by atoms with E-state index in [4.69, 9.17) is 0 Å². The molecule has 14 heavy (non-hydrogen) atoms. The van der Waals surface area contributed by atoms with E-state index in [9.17, 15) is 13.2 Å². The van der Waals surface area contributed by atoms with Crippen molar-refractivity contribution < 1.29 is 17.9 Å². The van der Waals surface area contributed by atoms with Crippen LogP contribution in [0.15, 0.2) is 23.5 Å². The van der Waals surface area contributed by atoms with Crippen molar-refractivity contribution in [3.63, 3.8) is 0 Å². The number of methoxy groups -OCH3 is 1. The Morgan fingerprint density at radius 2 is 1.86 bits per heavy atom. The van der Waals surface area contributed by atoms with Crippen LogP contribution in [0, 0.1) is 0 Å². The van der Waals surface area contributed by atoms with Crippen molar-refractivity contribution in [2.24, 2.45) is 0 Å². The normalized spacial score (nSPS) is 16.1. The second-order valence-corrected chi connectivity index (χ2v) is 2.48. The highest BCUT2D eigenvalue weighted by Crippen LogP contribution is 2.33. The van der Waals surface area contributed by atoms with Crippen molar-refractivity contribution in [2.75, 3.05) is 7.11 Å². The average molecular weight is 208 g/mol. The minimum absolute atomic E-state index is 0.0324. The van der Waals surface area contributed by atoms with Gasteiger partial charge >= 0.3 is 6.18 Å². The largest absolute Gasteiger partial charge is 0.500 e. The Kier molecular flexibility index (Phi) is 5.35. The lowest BCUT2D eigenvalue weighted by Crippen LogP contribution is -2.15. The van der Waals surface area contributed by atoms with Gasteiger partial charge in [-0.2, -0.15) is 13.2 Å². The summed E-state index contributed by atoms with van der Waals surface area (Å²) in [5.74, 6) is 0.0324. The van der Waals surface area contributed by atoms with Crippen LogP contribution < -0.4 is 0 Å². The van der Waals surface area contributed by atoms with Gasteiger partial charge in [0.1, 0.15) is 5.76 Å².